The molecular formula is C23H50O4S2Si. The molecule has 0 aliphatic carbocycles. The lowest BCUT2D eigenvalue weighted by molar-refractivity contribution is 0.0712. The molecule has 0 heterocycles. The van der Waals surface area contributed by atoms with E-state index in [1.54, 1.807) is 0 Å². The van der Waals surface area contributed by atoms with Crippen molar-refractivity contribution >= 4 is 37.0 Å². The van der Waals surface area contributed by atoms with E-state index in [9.17, 15) is 5.11 Å². The minimum atomic E-state index is -2.45. The fourth-order valence-electron chi connectivity index (χ4n) is 3.34. The number of unbranched alkanes of at least 4 members (excludes halogenated alkanes) is 7. The molecule has 30 heavy (non-hydrogen) atoms. The summed E-state index contributed by atoms with van der Waals surface area (Å²) in [6.07, 6.45) is 13.4. The largest absolute Gasteiger partial charge is 0.500 e. The van der Waals surface area contributed by atoms with Crippen LogP contribution in [0.15, 0.2) is 0 Å². The van der Waals surface area contributed by atoms with E-state index < -0.39 is 8.80 Å². The Labute approximate surface area is 196 Å². The van der Waals surface area contributed by atoms with Gasteiger partial charge < -0.3 is 18.4 Å². The molecule has 0 rings (SSSR count). The van der Waals surface area contributed by atoms with Gasteiger partial charge in [-0.3, -0.25) is 0 Å². The standard InChI is InChI=1S/C23H50O4S2Si/c1-5-9-10-11-14-18-23(24)29-21-16-13-12-15-19-28-20-17-22-30(25-6-2,26-7-3)27-8-4/h24,29H,5-22H2,1-4H3. The van der Waals surface area contributed by atoms with E-state index in [1.165, 1.54) is 57.1 Å². The van der Waals surface area contributed by atoms with Gasteiger partial charge in [-0.2, -0.15) is 23.1 Å². The molecule has 0 aromatic heterocycles. The molecule has 0 saturated carbocycles. The van der Waals surface area contributed by atoms with Gasteiger partial charge in [0.05, 0.1) is 5.05 Å². The Morgan fingerprint density at radius 2 is 1.30 bits per heavy atom. The van der Waals surface area contributed by atoms with Crippen molar-refractivity contribution in [3.8, 4) is 0 Å². The van der Waals surface area contributed by atoms with E-state index in [1.807, 2.05) is 32.5 Å². The second-order valence-corrected chi connectivity index (χ2v) is 12.8. The first-order valence-corrected chi connectivity index (χ1v) is 16.5. The molecule has 0 aromatic carbocycles. The zero-order valence-electron chi connectivity index (χ0n) is 20.3. The number of aliphatic hydroxyl groups excluding tert-OH is 1. The monoisotopic (exact) mass is 482 g/mol. The van der Waals surface area contributed by atoms with Crippen LogP contribution < -0.4 is 0 Å². The molecule has 0 saturated heterocycles. The van der Waals surface area contributed by atoms with E-state index in [4.69, 9.17) is 13.3 Å². The van der Waals surface area contributed by atoms with Crippen LogP contribution >= 0.6 is 23.1 Å². The summed E-state index contributed by atoms with van der Waals surface area (Å²) in [7, 11) is -2.45. The molecule has 0 amide bonds. The molecule has 7 heteroatoms. The summed E-state index contributed by atoms with van der Waals surface area (Å²) in [5.41, 5.74) is 0. The molecule has 0 spiro atoms. The first-order valence-electron chi connectivity index (χ1n) is 12.4. The summed E-state index contributed by atoms with van der Waals surface area (Å²) in [5.74, 6) is 3.51. The highest BCUT2D eigenvalue weighted by Crippen LogP contribution is 2.20. The molecule has 0 fully saturated rings. The van der Waals surface area contributed by atoms with Gasteiger partial charge in [-0.25, -0.2) is 0 Å². The van der Waals surface area contributed by atoms with Crippen molar-refractivity contribution in [2.75, 3.05) is 37.1 Å². The predicted molar refractivity (Wildman–Crippen MR) is 141 cm³/mol. The third-order valence-electron chi connectivity index (χ3n) is 4.86. The smallest absolute Gasteiger partial charge is 0.374 e. The van der Waals surface area contributed by atoms with Gasteiger partial charge in [-0.1, -0.05) is 45.4 Å². The predicted octanol–water partition coefficient (Wildman–Crippen LogP) is 7.23. The van der Waals surface area contributed by atoms with Crippen molar-refractivity contribution in [3.63, 3.8) is 0 Å². The topological polar surface area (TPSA) is 47.9 Å². The van der Waals surface area contributed by atoms with Crippen LogP contribution in [0.1, 0.15) is 98.3 Å². The van der Waals surface area contributed by atoms with Crippen LogP contribution in [-0.2, 0) is 13.3 Å². The number of thiol groups is 1. The average molecular weight is 483 g/mol. The maximum Gasteiger partial charge on any atom is 0.500 e. The van der Waals surface area contributed by atoms with E-state index in [2.05, 4.69) is 6.92 Å². The van der Waals surface area contributed by atoms with E-state index >= 15 is 0 Å². The first-order chi connectivity index (χ1) is 14.6. The number of hydrogen-bond donors (Lipinski definition) is 2. The fourth-order valence-corrected chi connectivity index (χ4v) is 8.12. The molecule has 0 bridgehead atoms. The second-order valence-electron chi connectivity index (χ2n) is 7.57. The van der Waals surface area contributed by atoms with Gasteiger partial charge in [-0.15, -0.1) is 0 Å². The van der Waals surface area contributed by atoms with Crippen LogP contribution in [0.5, 0.6) is 0 Å². The summed E-state index contributed by atoms with van der Waals surface area (Å²) in [4.78, 5) is 0. The van der Waals surface area contributed by atoms with Gasteiger partial charge in [0.25, 0.3) is 0 Å². The highest BCUT2D eigenvalue weighted by molar-refractivity contribution is 7.99. The zero-order chi connectivity index (χ0) is 22.3. The van der Waals surface area contributed by atoms with Crippen molar-refractivity contribution in [1.82, 2.24) is 0 Å². The number of rotatable bonds is 23. The van der Waals surface area contributed by atoms with Crippen molar-refractivity contribution in [3.05, 3.63) is 0 Å². The SMILES string of the molecule is CCCCCCCC(O)=[SH]CCCCCCSCCC[Si](OCC)(OCC)OCC. The van der Waals surface area contributed by atoms with E-state index in [-0.39, 0.29) is 0 Å². The lowest BCUT2D eigenvalue weighted by Crippen LogP contribution is -2.46. The van der Waals surface area contributed by atoms with Crippen LogP contribution in [0.25, 0.3) is 0 Å². The Morgan fingerprint density at radius 1 is 0.733 bits per heavy atom. The molecule has 182 valence electrons. The van der Waals surface area contributed by atoms with Crippen molar-refractivity contribution in [2.45, 2.75) is 104 Å². The number of hydrogen-bond acceptors (Lipinski definition) is 4. The molecule has 1 N–H and O–H groups in total. The third-order valence-corrected chi connectivity index (χ3v) is 10.3. The van der Waals surface area contributed by atoms with E-state index in [0.29, 0.717) is 24.9 Å². The van der Waals surface area contributed by atoms with Gasteiger partial charge in [0.2, 0.25) is 0 Å². The van der Waals surface area contributed by atoms with Gasteiger partial charge in [0.1, 0.15) is 0 Å². The lowest BCUT2D eigenvalue weighted by Gasteiger charge is -2.28. The maximum atomic E-state index is 9.96. The molecule has 0 unspecified atom stereocenters. The van der Waals surface area contributed by atoms with Gasteiger partial charge in [-0.05, 0) is 70.1 Å². The summed E-state index contributed by atoms with van der Waals surface area (Å²) in [5, 5.41) is 10.7. The summed E-state index contributed by atoms with van der Waals surface area (Å²) < 4.78 is 17.7. The van der Waals surface area contributed by atoms with Crippen LogP contribution in [0.3, 0.4) is 0 Å². The second kappa shape index (κ2) is 22.8. The van der Waals surface area contributed by atoms with Crippen molar-refractivity contribution in [1.29, 1.82) is 0 Å². The minimum Gasteiger partial charge on any atom is -0.374 e. The quantitative estimate of drug-likeness (QED) is 0.0696. The Morgan fingerprint density at radius 3 is 1.93 bits per heavy atom. The first kappa shape index (κ1) is 30.6. The molecule has 0 aliphatic heterocycles. The minimum absolute atomic E-state index is 0.660. The fraction of sp³-hybridized carbons (Fsp3) is 0.957. The van der Waals surface area contributed by atoms with Gasteiger partial charge >= 0.3 is 8.80 Å². The van der Waals surface area contributed by atoms with Crippen LogP contribution in [-0.4, -0.2) is 56.0 Å². The molecule has 0 atom stereocenters. The normalized spacial score (nSPS) is 12.9. The van der Waals surface area contributed by atoms with Gasteiger partial charge in [0, 0.05) is 25.9 Å². The molecule has 0 radical (unpaired) electrons. The average Bonchev–Trinajstić information content (AvgIpc) is 2.72. The van der Waals surface area contributed by atoms with Crippen LogP contribution in [0.4, 0.5) is 0 Å². The Bertz CT molecular complexity index is 380. The molecule has 4 nitrogen and oxygen atoms in total. The van der Waals surface area contributed by atoms with E-state index in [0.717, 1.165) is 48.2 Å². The number of aliphatic hydroxyl groups is 1. The zero-order valence-corrected chi connectivity index (χ0v) is 23.0. The highest BCUT2D eigenvalue weighted by atomic mass is 32.2. The molecular weight excluding hydrogens is 432 g/mol. The van der Waals surface area contributed by atoms with Crippen LogP contribution in [0, 0.1) is 0 Å². The Kier molecular flexibility index (Phi) is 23.3. The van der Waals surface area contributed by atoms with Crippen LogP contribution in [0.2, 0.25) is 6.04 Å². The summed E-state index contributed by atoms with van der Waals surface area (Å²) in [6.45, 7) is 10.3. The molecule has 0 aromatic rings. The Balaban J connectivity index is 3.63. The van der Waals surface area contributed by atoms with Crippen molar-refractivity contribution < 1.29 is 18.4 Å². The molecule has 0 aliphatic rings. The van der Waals surface area contributed by atoms with Gasteiger partial charge in [0.15, 0.2) is 0 Å². The summed E-state index contributed by atoms with van der Waals surface area (Å²) >= 11 is 3.20. The van der Waals surface area contributed by atoms with Crippen molar-refractivity contribution in [2.24, 2.45) is 0 Å². The number of thioether (sulfide) groups is 1. The maximum absolute atomic E-state index is 9.96. The third kappa shape index (κ3) is 18.2. The summed E-state index contributed by atoms with van der Waals surface area (Å²) in [6, 6.07) is 0.924. The Hall–Kier alpha value is 0.627. The lowest BCUT2D eigenvalue weighted by atomic mass is 10.1. The highest BCUT2D eigenvalue weighted by Gasteiger charge is 2.39.